The van der Waals surface area contributed by atoms with Gasteiger partial charge in [-0.1, -0.05) is 6.07 Å². The summed E-state index contributed by atoms with van der Waals surface area (Å²) in [6, 6.07) is 4.86. The van der Waals surface area contributed by atoms with E-state index in [0.717, 1.165) is 0 Å². The summed E-state index contributed by atoms with van der Waals surface area (Å²) in [7, 11) is -1.88. The fourth-order valence-corrected chi connectivity index (χ4v) is 3.20. The molecule has 1 aromatic carbocycles. The molecule has 1 aromatic heterocycles. The standard InChI is InChI=1S/C11H12N2O4S/c1-13-9-3-2-4-10(8(9)7-12-13)18(16,17)6-5-11(14)15/h2-4,7H,5-6H2,1H3,(H,14,15). The lowest BCUT2D eigenvalue weighted by atomic mass is 10.2. The van der Waals surface area contributed by atoms with Crippen molar-refractivity contribution in [2.24, 2.45) is 7.05 Å². The van der Waals surface area contributed by atoms with Gasteiger partial charge in [0, 0.05) is 12.4 Å². The molecule has 6 nitrogen and oxygen atoms in total. The number of sulfone groups is 1. The van der Waals surface area contributed by atoms with Crippen LogP contribution >= 0.6 is 0 Å². The van der Waals surface area contributed by atoms with Crippen molar-refractivity contribution in [3.63, 3.8) is 0 Å². The minimum atomic E-state index is -3.60. The maximum Gasteiger partial charge on any atom is 0.304 e. The van der Waals surface area contributed by atoms with Crippen LogP contribution in [-0.2, 0) is 21.7 Å². The molecule has 0 fully saturated rings. The molecular weight excluding hydrogens is 256 g/mol. The van der Waals surface area contributed by atoms with Crippen molar-refractivity contribution in [2.75, 3.05) is 5.75 Å². The molecule has 2 aromatic rings. The zero-order valence-electron chi connectivity index (χ0n) is 9.70. The van der Waals surface area contributed by atoms with E-state index in [1.807, 2.05) is 0 Å². The van der Waals surface area contributed by atoms with Crippen molar-refractivity contribution in [1.82, 2.24) is 9.78 Å². The molecule has 0 radical (unpaired) electrons. The van der Waals surface area contributed by atoms with E-state index in [1.165, 1.54) is 12.3 Å². The molecule has 0 amide bonds. The van der Waals surface area contributed by atoms with E-state index in [2.05, 4.69) is 5.10 Å². The van der Waals surface area contributed by atoms with Crippen molar-refractivity contribution in [3.05, 3.63) is 24.4 Å². The molecule has 7 heteroatoms. The summed E-state index contributed by atoms with van der Waals surface area (Å²) in [6.45, 7) is 0. The number of carbonyl (C=O) groups is 1. The van der Waals surface area contributed by atoms with Crippen molar-refractivity contribution in [1.29, 1.82) is 0 Å². The quantitative estimate of drug-likeness (QED) is 0.886. The smallest absolute Gasteiger partial charge is 0.304 e. The van der Waals surface area contributed by atoms with E-state index < -0.39 is 28.0 Å². The van der Waals surface area contributed by atoms with Crippen LogP contribution < -0.4 is 0 Å². The van der Waals surface area contributed by atoms with Crippen LogP contribution in [0.4, 0.5) is 0 Å². The molecule has 0 atom stereocenters. The number of aromatic nitrogens is 2. The number of carboxylic acids is 1. The fraction of sp³-hybridized carbons (Fsp3) is 0.273. The summed E-state index contributed by atoms with van der Waals surface area (Å²) in [4.78, 5) is 10.6. The van der Waals surface area contributed by atoms with Crippen molar-refractivity contribution in [2.45, 2.75) is 11.3 Å². The van der Waals surface area contributed by atoms with Crippen molar-refractivity contribution in [3.8, 4) is 0 Å². The van der Waals surface area contributed by atoms with Crippen molar-refractivity contribution >= 4 is 26.7 Å². The van der Waals surface area contributed by atoms with Gasteiger partial charge in [-0.15, -0.1) is 0 Å². The van der Waals surface area contributed by atoms with E-state index in [0.29, 0.717) is 10.9 Å². The number of aryl methyl sites for hydroxylation is 1. The van der Waals surface area contributed by atoms with Gasteiger partial charge in [-0.25, -0.2) is 8.42 Å². The lowest BCUT2D eigenvalue weighted by Gasteiger charge is -2.04. The predicted molar refractivity (Wildman–Crippen MR) is 65.0 cm³/mol. The zero-order valence-corrected chi connectivity index (χ0v) is 10.5. The first kappa shape index (κ1) is 12.6. The van der Waals surface area contributed by atoms with Crippen LogP contribution in [0.2, 0.25) is 0 Å². The third-order valence-corrected chi connectivity index (χ3v) is 4.44. The van der Waals surface area contributed by atoms with Gasteiger partial charge in [0.05, 0.1) is 28.8 Å². The highest BCUT2D eigenvalue weighted by Gasteiger charge is 2.19. The Morgan fingerprint density at radius 3 is 2.83 bits per heavy atom. The Balaban J connectivity index is 2.50. The Labute approximate surface area is 104 Å². The molecule has 1 N–H and O–H groups in total. The van der Waals surface area contributed by atoms with Gasteiger partial charge in [0.15, 0.2) is 9.84 Å². The maximum absolute atomic E-state index is 12.1. The lowest BCUT2D eigenvalue weighted by Crippen LogP contribution is -2.11. The first-order chi connectivity index (χ1) is 8.42. The topological polar surface area (TPSA) is 89.3 Å². The number of carboxylic acid groups (broad SMARTS) is 1. The van der Waals surface area contributed by atoms with Crippen molar-refractivity contribution < 1.29 is 18.3 Å². The maximum atomic E-state index is 12.1. The first-order valence-electron chi connectivity index (χ1n) is 5.27. The van der Waals surface area contributed by atoms with Gasteiger partial charge in [0.2, 0.25) is 0 Å². The number of nitrogens with zero attached hydrogens (tertiary/aromatic N) is 2. The van der Waals surface area contributed by atoms with Gasteiger partial charge in [-0.3, -0.25) is 9.48 Å². The first-order valence-corrected chi connectivity index (χ1v) is 6.92. The van der Waals surface area contributed by atoms with Crippen LogP contribution in [0.1, 0.15) is 6.42 Å². The minimum Gasteiger partial charge on any atom is -0.481 e. The Hall–Kier alpha value is -1.89. The van der Waals surface area contributed by atoms with Crippen LogP contribution in [0.15, 0.2) is 29.3 Å². The number of rotatable bonds is 4. The Kier molecular flexibility index (Phi) is 3.08. The van der Waals surface area contributed by atoms with E-state index in [4.69, 9.17) is 5.11 Å². The molecule has 0 saturated carbocycles. The van der Waals surface area contributed by atoms with Crippen LogP contribution in [-0.4, -0.2) is 35.0 Å². The monoisotopic (exact) mass is 268 g/mol. The number of aliphatic carboxylic acids is 1. The summed E-state index contributed by atoms with van der Waals surface area (Å²) in [6.07, 6.45) is 1.07. The average Bonchev–Trinajstić information content (AvgIpc) is 2.69. The normalized spacial score (nSPS) is 11.8. The van der Waals surface area contributed by atoms with Gasteiger partial charge in [0.1, 0.15) is 0 Å². The second kappa shape index (κ2) is 4.41. The summed E-state index contributed by atoms with van der Waals surface area (Å²) < 4.78 is 25.7. The molecule has 96 valence electrons. The van der Waals surface area contributed by atoms with Gasteiger partial charge < -0.3 is 5.11 Å². The van der Waals surface area contributed by atoms with E-state index in [9.17, 15) is 13.2 Å². The van der Waals surface area contributed by atoms with Gasteiger partial charge in [0.25, 0.3) is 0 Å². The highest BCUT2D eigenvalue weighted by Crippen LogP contribution is 2.23. The van der Waals surface area contributed by atoms with Crippen LogP contribution in [0, 0.1) is 0 Å². The van der Waals surface area contributed by atoms with E-state index >= 15 is 0 Å². The molecule has 0 unspecified atom stereocenters. The molecular formula is C11H12N2O4S. The largest absolute Gasteiger partial charge is 0.481 e. The summed E-state index contributed by atoms with van der Waals surface area (Å²) in [5.41, 5.74) is 0.700. The molecule has 0 saturated heterocycles. The van der Waals surface area contributed by atoms with Crippen LogP contribution in [0.5, 0.6) is 0 Å². The Morgan fingerprint density at radius 2 is 2.17 bits per heavy atom. The summed E-state index contributed by atoms with van der Waals surface area (Å²) in [5, 5.41) is 13.1. The molecule has 0 aliphatic carbocycles. The van der Waals surface area contributed by atoms with E-state index in [1.54, 1.807) is 23.9 Å². The number of benzene rings is 1. The second-order valence-electron chi connectivity index (χ2n) is 3.92. The SMILES string of the molecule is Cn1ncc2c(S(=O)(=O)CCC(=O)O)cccc21. The van der Waals surface area contributed by atoms with Crippen LogP contribution in [0.3, 0.4) is 0 Å². The zero-order chi connectivity index (χ0) is 13.3. The third kappa shape index (κ3) is 2.21. The Bertz CT molecular complexity index is 703. The lowest BCUT2D eigenvalue weighted by molar-refractivity contribution is -0.136. The van der Waals surface area contributed by atoms with E-state index in [-0.39, 0.29) is 4.90 Å². The molecule has 0 aliphatic heterocycles. The highest BCUT2D eigenvalue weighted by molar-refractivity contribution is 7.91. The van der Waals surface area contributed by atoms with Crippen LogP contribution in [0.25, 0.3) is 10.9 Å². The number of fused-ring (bicyclic) bond motifs is 1. The Morgan fingerprint density at radius 1 is 1.44 bits per heavy atom. The summed E-state index contributed by atoms with van der Waals surface area (Å²) >= 11 is 0. The third-order valence-electron chi connectivity index (χ3n) is 2.67. The second-order valence-corrected chi connectivity index (χ2v) is 6.00. The molecule has 1 heterocycles. The highest BCUT2D eigenvalue weighted by atomic mass is 32.2. The predicted octanol–water partition coefficient (Wildman–Crippen LogP) is 0.822. The summed E-state index contributed by atoms with van der Waals surface area (Å²) in [5.74, 6) is -1.53. The molecule has 18 heavy (non-hydrogen) atoms. The average molecular weight is 268 g/mol. The van der Waals surface area contributed by atoms with Gasteiger partial charge >= 0.3 is 5.97 Å². The van der Waals surface area contributed by atoms with Gasteiger partial charge in [-0.05, 0) is 12.1 Å². The molecule has 0 aliphatic rings. The molecule has 0 spiro atoms. The molecule has 0 bridgehead atoms. The number of hydrogen-bond donors (Lipinski definition) is 1. The number of hydrogen-bond acceptors (Lipinski definition) is 4. The molecule has 2 rings (SSSR count). The fourth-order valence-electron chi connectivity index (χ4n) is 1.75. The minimum absolute atomic E-state index is 0.134. The van der Waals surface area contributed by atoms with Gasteiger partial charge in [-0.2, -0.15) is 5.10 Å².